The Hall–Kier alpha value is -0.970. The average molecular weight is 382 g/mol. The van der Waals surface area contributed by atoms with Crippen LogP contribution in [0.4, 0.5) is 0 Å². The van der Waals surface area contributed by atoms with Crippen LogP contribution in [0.25, 0.3) is 0 Å². The number of allylic oxidation sites excluding steroid dienone is 2. The summed E-state index contributed by atoms with van der Waals surface area (Å²) in [6.45, 7) is 4.47. The average Bonchev–Trinajstić information content (AvgIpc) is 3.37. The van der Waals surface area contributed by atoms with Gasteiger partial charge in [-0.1, -0.05) is 38.0 Å². The van der Waals surface area contributed by atoms with Crippen LogP contribution in [0.1, 0.15) is 68.3 Å². The van der Waals surface area contributed by atoms with E-state index in [0.717, 1.165) is 24.4 Å². The molecule has 2 bridgehead atoms. The summed E-state index contributed by atoms with van der Waals surface area (Å²) < 4.78 is 0. The Morgan fingerprint density at radius 3 is 3.11 bits per heavy atom. The maximum absolute atomic E-state index is 3.87. The number of hydrogen-bond donors (Lipinski definition) is 2. The minimum absolute atomic E-state index is 0.348. The molecule has 2 heterocycles. The van der Waals surface area contributed by atoms with E-state index in [1.165, 1.54) is 57.1 Å². The highest BCUT2D eigenvalue weighted by Gasteiger charge is 2.51. The lowest BCUT2D eigenvalue weighted by Gasteiger charge is -2.56. The first-order chi connectivity index (χ1) is 13.3. The first kappa shape index (κ1) is 16.9. The lowest BCUT2D eigenvalue weighted by atomic mass is 9.52. The fourth-order valence-corrected chi connectivity index (χ4v) is 7.80. The van der Waals surface area contributed by atoms with Gasteiger partial charge in [0.05, 0.1) is 5.88 Å². The summed E-state index contributed by atoms with van der Waals surface area (Å²) in [6, 6.07) is 8.25. The molecule has 3 nitrogen and oxygen atoms in total. The van der Waals surface area contributed by atoms with Gasteiger partial charge >= 0.3 is 0 Å². The monoisotopic (exact) mass is 381 g/mol. The van der Waals surface area contributed by atoms with Gasteiger partial charge in [-0.3, -0.25) is 5.32 Å². The molecule has 0 amide bonds. The number of fused-ring (bicyclic) bond motifs is 1. The molecule has 0 spiro atoms. The van der Waals surface area contributed by atoms with Crippen LogP contribution in [-0.4, -0.2) is 29.9 Å². The van der Waals surface area contributed by atoms with Crippen LogP contribution in [0.3, 0.4) is 0 Å². The Labute approximate surface area is 167 Å². The predicted molar refractivity (Wildman–Crippen MR) is 113 cm³/mol. The Bertz CT molecular complexity index is 799. The molecule has 4 heteroatoms. The Morgan fingerprint density at radius 2 is 2.30 bits per heavy atom. The van der Waals surface area contributed by atoms with E-state index < -0.39 is 0 Å². The molecule has 1 saturated carbocycles. The number of nitrogens with one attached hydrogen (secondary N) is 2. The van der Waals surface area contributed by atoms with Gasteiger partial charge in [-0.15, -0.1) is 11.8 Å². The Morgan fingerprint density at radius 1 is 1.33 bits per heavy atom. The second-order valence-electron chi connectivity index (χ2n) is 9.19. The molecule has 1 aromatic rings. The summed E-state index contributed by atoms with van der Waals surface area (Å²) in [4.78, 5) is 4.25. The van der Waals surface area contributed by atoms with E-state index in [1.807, 2.05) is 11.8 Å². The predicted octanol–water partition coefficient (Wildman–Crippen LogP) is 4.26. The summed E-state index contributed by atoms with van der Waals surface area (Å²) >= 11 is 2.05. The van der Waals surface area contributed by atoms with Gasteiger partial charge in [0.1, 0.15) is 6.17 Å². The van der Waals surface area contributed by atoms with Crippen molar-refractivity contribution in [3.8, 4) is 0 Å². The zero-order valence-corrected chi connectivity index (χ0v) is 17.2. The van der Waals surface area contributed by atoms with Crippen LogP contribution in [0.2, 0.25) is 0 Å². The van der Waals surface area contributed by atoms with Crippen LogP contribution in [0.15, 0.2) is 28.8 Å². The van der Waals surface area contributed by atoms with Crippen LogP contribution < -0.4 is 10.6 Å². The third-order valence-corrected chi connectivity index (χ3v) is 9.08. The molecule has 144 valence electrons. The van der Waals surface area contributed by atoms with Gasteiger partial charge in [-0.2, -0.15) is 0 Å². The molecule has 6 rings (SSSR count). The number of hydrogen-bond acceptors (Lipinski definition) is 4. The third kappa shape index (κ3) is 2.49. The van der Waals surface area contributed by atoms with E-state index in [-0.39, 0.29) is 0 Å². The van der Waals surface area contributed by atoms with E-state index in [4.69, 9.17) is 0 Å². The SMILES string of the molecule is CCNC(c1ccc2c(c1)[C@@]13CCCC[C@H]1[C@@H](C2)NCC3)N1CSC2=C1C2. The van der Waals surface area contributed by atoms with E-state index in [2.05, 4.69) is 40.7 Å². The van der Waals surface area contributed by atoms with Crippen molar-refractivity contribution in [2.75, 3.05) is 19.0 Å². The number of benzene rings is 1. The van der Waals surface area contributed by atoms with Gasteiger partial charge in [0, 0.05) is 28.5 Å². The second kappa shape index (κ2) is 6.27. The minimum Gasteiger partial charge on any atom is -0.345 e. The molecule has 1 unspecified atom stereocenters. The van der Waals surface area contributed by atoms with E-state index in [0.29, 0.717) is 11.6 Å². The van der Waals surface area contributed by atoms with Gasteiger partial charge in [-0.25, -0.2) is 0 Å². The zero-order valence-electron chi connectivity index (χ0n) is 16.4. The first-order valence-electron chi connectivity index (χ1n) is 11.0. The maximum Gasteiger partial charge on any atom is 0.106 e. The molecule has 5 aliphatic rings. The Kier molecular flexibility index (Phi) is 3.93. The quantitative estimate of drug-likeness (QED) is 0.815. The fourth-order valence-electron chi connectivity index (χ4n) is 6.67. The largest absolute Gasteiger partial charge is 0.345 e. The van der Waals surface area contributed by atoms with Gasteiger partial charge in [0.2, 0.25) is 0 Å². The lowest BCUT2D eigenvalue weighted by molar-refractivity contribution is 0.0795. The van der Waals surface area contributed by atoms with Crippen molar-refractivity contribution in [2.24, 2.45) is 5.92 Å². The van der Waals surface area contributed by atoms with Crippen molar-refractivity contribution in [3.63, 3.8) is 0 Å². The molecule has 1 saturated heterocycles. The lowest BCUT2D eigenvalue weighted by Crippen LogP contribution is -2.59. The van der Waals surface area contributed by atoms with Crippen molar-refractivity contribution in [2.45, 2.75) is 69.5 Å². The molecule has 1 aromatic carbocycles. The van der Waals surface area contributed by atoms with Gasteiger partial charge in [0.15, 0.2) is 0 Å². The van der Waals surface area contributed by atoms with Crippen molar-refractivity contribution in [1.29, 1.82) is 0 Å². The normalized spacial score (nSPS) is 34.8. The smallest absolute Gasteiger partial charge is 0.106 e. The molecule has 3 aliphatic carbocycles. The summed E-state index contributed by atoms with van der Waals surface area (Å²) in [5.41, 5.74) is 6.90. The summed E-state index contributed by atoms with van der Waals surface area (Å²) in [7, 11) is 0. The van der Waals surface area contributed by atoms with E-state index in [1.54, 1.807) is 21.7 Å². The molecule has 2 aliphatic heterocycles. The number of thioether (sulfide) groups is 1. The summed E-state index contributed by atoms with van der Waals surface area (Å²) in [5, 5.41) is 7.67. The van der Waals surface area contributed by atoms with Crippen molar-refractivity contribution >= 4 is 11.8 Å². The topological polar surface area (TPSA) is 27.3 Å². The van der Waals surface area contributed by atoms with Crippen LogP contribution in [0.5, 0.6) is 0 Å². The van der Waals surface area contributed by atoms with Gasteiger partial charge in [-0.05, 0) is 61.4 Å². The van der Waals surface area contributed by atoms with Crippen LogP contribution >= 0.6 is 11.8 Å². The molecular formula is C23H31N3S. The number of piperidine rings is 1. The van der Waals surface area contributed by atoms with Crippen molar-refractivity contribution in [3.05, 3.63) is 45.5 Å². The summed E-state index contributed by atoms with van der Waals surface area (Å²) in [5.74, 6) is 1.99. The first-order valence-corrected chi connectivity index (χ1v) is 12.0. The number of nitrogens with zero attached hydrogens (tertiary/aromatic N) is 1. The van der Waals surface area contributed by atoms with Gasteiger partial charge in [0.25, 0.3) is 0 Å². The summed E-state index contributed by atoms with van der Waals surface area (Å²) in [6.07, 6.45) is 9.85. The minimum atomic E-state index is 0.348. The fraction of sp³-hybridized carbons (Fsp3) is 0.652. The molecule has 2 fully saturated rings. The van der Waals surface area contributed by atoms with Gasteiger partial charge < -0.3 is 10.2 Å². The second-order valence-corrected chi connectivity index (χ2v) is 10.2. The standard InChI is InChI=1S/C23H31N3S/c1-2-24-22(26-14-27-21-13-20(21)26)16-7-6-15-12-19-17-5-3-4-8-23(17,9-10-25-19)18(15)11-16/h6-7,11,17,19,22,24-25H,2-5,8-10,12-14H2,1H3/t17-,19+,22?,23+/m0/s1. The highest BCUT2D eigenvalue weighted by atomic mass is 32.2. The highest BCUT2D eigenvalue weighted by molar-refractivity contribution is 8.03. The maximum atomic E-state index is 3.87. The third-order valence-electron chi connectivity index (χ3n) is 7.95. The molecule has 0 aromatic heterocycles. The van der Waals surface area contributed by atoms with E-state index in [9.17, 15) is 0 Å². The molecule has 4 atom stereocenters. The Balaban J connectivity index is 1.42. The zero-order chi connectivity index (χ0) is 18.0. The number of rotatable bonds is 4. The van der Waals surface area contributed by atoms with Crippen molar-refractivity contribution in [1.82, 2.24) is 15.5 Å². The van der Waals surface area contributed by atoms with Crippen molar-refractivity contribution < 1.29 is 0 Å². The molecule has 27 heavy (non-hydrogen) atoms. The molecule has 2 N–H and O–H groups in total. The molecule has 0 radical (unpaired) electrons. The van der Waals surface area contributed by atoms with E-state index >= 15 is 0 Å². The highest BCUT2D eigenvalue weighted by Crippen LogP contribution is 2.55. The molecular weight excluding hydrogens is 350 g/mol. The van der Waals surface area contributed by atoms with Crippen LogP contribution in [-0.2, 0) is 11.8 Å². The van der Waals surface area contributed by atoms with Crippen LogP contribution in [0, 0.1) is 5.92 Å².